The van der Waals surface area contributed by atoms with E-state index in [1.165, 1.54) is 0 Å². The van der Waals surface area contributed by atoms with Crippen molar-refractivity contribution in [3.8, 4) is 0 Å². The number of likely N-dealkylation sites (N-methyl/N-ethyl adjacent to an activating group) is 1. The Balaban J connectivity index is 2.01. The highest BCUT2D eigenvalue weighted by atomic mass is 79.9. The third-order valence-electron chi connectivity index (χ3n) is 3.25. The van der Waals surface area contributed by atoms with Crippen molar-refractivity contribution in [1.29, 1.82) is 0 Å². The molecule has 1 aromatic heterocycles. The number of hydrogen-bond acceptors (Lipinski definition) is 3. The fourth-order valence-electron chi connectivity index (χ4n) is 2.11. The van der Waals surface area contributed by atoms with Crippen LogP contribution >= 0.6 is 15.9 Å². The van der Waals surface area contributed by atoms with Gasteiger partial charge in [0, 0.05) is 23.8 Å². The number of halogens is 1. The number of hydrogen-bond donors (Lipinski definition) is 1. The van der Waals surface area contributed by atoms with Crippen LogP contribution in [-0.4, -0.2) is 28.1 Å². The lowest BCUT2D eigenvalue weighted by Gasteiger charge is -2.24. The molecule has 0 amide bonds. The average molecular weight is 335 g/mol. The summed E-state index contributed by atoms with van der Waals surface area (Å²) in [4.78, 5) is 6.52. The lowest BCUT2D eigenvalue weighted by molar-refractivity contribution is 0.111. The van der Waals surface area contributed by atoms with E-state index in [1.807, 2.05) is 42.5 Å². The zero-order chi connectivity index (χ0) is 14.4. The van der Waals surface area contributed by atoms with E-state index >= 15 is 0 Å². The van der Waals surface area contributed by atoms with Crippen LogP contribution in [0.5, 0.6) is 0 Å². The summed E-state index contributed by atoms with van der Waals surface area (Å²) in [6, 6.07) is 13.7. The van der Waals surface area contributed by atoms with Gasteiger partial charge in [0.1, 0.15) is 0 Å². The summed E-state index contributed by atoms with van der Waals surface area (Å²) in [5, 5.41) is 10.4. The van der Waals surface area contributed by atoms with E-state index in [4.69, 9.17) is 0 Å². The fourth-order valence-corrected chi connectivity index (χ4v) is 2.66. The molecule has 3 nitrogen and oxygen atoms in total. The molecular weight excluding hydrogens is 316 g/mol. The summed E-state index contributed by atoms with van der Waals surface area (Å²) in [7, 11) is 0. The van der Waals surface area contributed by atoms with Crippen LogP contribution in [0.2, 0.25) is 0 Å². The maximum Gasteiger partial charge on any atom is 0.0927 e. The first kappa shape index (κ1) is 15.2. The Bertz CT molecular complexity index is 533. The molecule has 0 aliphatic carbocycles. The normalized spacial score (nSPS) is 12.6. The summed E-state index contributed by atoms with van der Waals surface area (Å²) in [6.07, 6.45) is 1.29. The Morgan fingerprint density at radius 2 is 1.95 bits per heavy atom. The van der Waals surface area contributed by atoms with Gasteiger partial charge in [-0.2, -0.15) is 0 Å². The topological polar surface area (TPSA) is 36.4 Å². The largest absolute Gasteiger partial charge is 0.387 e. The van der Waals surface area contributed by atoms with Crippen LogP contribution < -0.4 is 0 Å². The molecule has 0 radical (unpaired) electrons. The second kappa shape index (κ2) is 7.53. The zero-order valence-electron chi connectivity index (χ0n) is 11.5. The summed E-state index contributed by atoms with van der Waals surface area (Å²) in [6.45, 7) is 4.31. The van der Waals surface area contributed by atoms with Crippen LogP contribution in [-0.2, 0) is 6.54 Å². The highest BCUT2D eigenvalue weighted by molar-refractivity contribution is 9.10. The number of pyridine rings is 1. The minimum atomic E-state index is -0.505. The number of aliphatic hydroxyl groups excluding tert-OH is 1. The van der Waals surface area contributed by atoms with Crippen molar-refractivity contribution in [2.75, 3.05) is 13.1 Å². The molecule has 1 unspecified atom stereocenters. The second-order valence-corrected chi connectivity index (χ2v) is 5.54. The van der Waals surface area contributed by atoms with Crippen molar-refractivity contribution in [3.63, 3.8) is 0 Å². The Hall–Kier alpha value is -1.23. The van der Waals surface area contributed by atoms with Crippen LogP contribution in [0.3, 0.4) is 0 Å². The van der Waals surface area contributed by atoms with Crippen molar-refractivity contribution in [2.24, 2.45) is 0 Å². The molecule has 2 rings (SSSR count). The molecular formula is C16H19BrN2O. The van der Waals surface area contributed by atoms with Gasteiger partial charge in [0.2, 0.25) is 0 Å². The molecule has 0 bridgehead atoms. The van der Waals surface area contributed by atoms with Crippen molar-refractivity contribution in [3.05, 3.63) is 64.4 Å². The quantitative estimate of drug-likeness (QED) is 0.879. The van der Waals surface area contributed by atoms with Gasteiger partial charge in [0.25, 0.3) is 0 Å². The van der Waals surface area contributed by atoms with Crippen molar-refractivity contribution in [2.45, 2.75) is 19.6 Å². The minimum absolute atomic E-state index is 0.505. The molecule has 0 aliphatic heterocycles. The molecule has 20 heavy (non-hydrogen) atoms. The molecule has 1 N–H and O–H groups in total. The van der Waals surface area contributed by atoms with E-state index in [1.54, 1.807) is 6.20 Å². The summed E-state index contributed by atoms with van der Waals surface area (Å²) >= 11 is 3.48. The first-order valence-electron chi connectivity index (χ1n) is 6.75. The monoisotopic (exact) mass is 334 g/mol. The summed E-state index contributed by atoms with van der Waals surface area (Å²) in [5.74, 6) is 0. The van der Waals surface area contributed by atoms with E-state index in [0.29, 0.717) is 6.54 Å². The Labute approximate surface area is 128 Å². The predicted octanol–water partition coefficient (Wildman–Crippen LogP) is 3.40. The third-order valence-corrected chi connectivity index (χ3v) is 3.98. The van der Waals surface area contributed by atoms with Gasteiger partial charge in [-0.3, -0.25) is 9.88 Å². The van der Waals surface area contributed by atoms with Crippen LogP contribution in [0.1, 0.15) is 24.3 Å². The van der Waals surface area contributed by atoms with E-state index in [-0.39, 0.29) is 0 Å². The predicted molar refractivity (Wildman–Crippen MR) is 84.3 cm³/mol. The lowest BCUT2D eigenvalue weighted by Crippen LogP contribution is -2.28. The maximum atomic E-state index is 10.4. The second-order valence-electron chi connectivity index (χ2n) is 4.69. The molecule has 0 fully saturated rings. The van der Waals surface area contributed by atoms with E-state index in [9.17, 15) is 5.11 Å². The number of rotatable bonds is 6. The molecule has 0 spiro atoms. The van der Waals surface area contributed by atoms with Gasteiger partial charge in [0.05, 0.1) is 11.8 Å². The Morgan fingerprint density at radius 3 is 2.60 bits per heavy atom. The Morgan fingerprint density at radius 1 is 1.20 bits per heavy atom. The number of aromatic nitrogens is 1. The van der Waals surface area contributed by atoms with Gasteiger partial charge < -0.3 is 5.11 Å². The molecule has 106 valence electrons. The first-order chi connectivity index (χ1) is 9.70. The highest BCUT2D eigenvalue weighted by Gasteiger charge is 2.15. The molecule has 1 atom stereocenters. The molecule has 2 aromatic rings. The van der Waals surface area contributed by atoms with Gasteiger partial charge in [0.15, 0.2) is 0 Å². The van der Waals surface area contributed by atoms with Crippen molar-refractivity contribution < 1.29 is 5.11 Å². The average Bonchev–Trinajstić information content (AvgIpc) is 2.48. The fraction of sp³-hybridized carbons (Fsp3) is 0.312. The molecule has 4 heteroatoms. The SMILES string of the molecule is CCN(Cc1ccccn1)CC(O)c1ccccc1Br. The molecule has 1 heterocycles. The third kappa shape index (κ3) is 4.13. The lowest BCUT2D eigenvalue weighted by atomic mass is 10.1. The smallest absolute Gasteiger partial charge is 0.0927 e. The molecule has 0 saturated heterocycles. The van der Waals surface area contributed by atoms with Gasteiger partial charge in [-0.05, 0) is 30.3 Å². The van der Waals surface area contributed by atoms with Crippen LogP contribution in [0.25, 0.3) is 0 Å². The minimum Gasteiger partial charge on any atom is -0.387 e. The number of nitrogens with zero attached hydrogens (tertiary/aromatic N) is 2. The first-order valence-corrected chi connectivity index (χ1v) is 7.54. The van der Waals surface area contributed by atoms with Gasteiger partial charge >= 0.3 is 0 Å². The van der Waals surface area contributed by atoms with Gasteiger partial charge in [-0.25, -0.2) is 0 Å². The van der Waals surface area contributed by atoms with Crippen molar-refractivity contribution in [1.82, 2.24) is 9.88 Å². The molecule has 0 aliphatic rings. The zero-order valence-corrected chi connectivity index (χ0v) is 13.1. The van der Waals surface area contributed by atoms with E-state index in [2.05, 4.69) is 32.7 Å². The molecule has 0 saturated carbocycles. The van der Waals surface area contributed by atoms with Crippen LogP contribution in [0.4, 0.5) is 0 Å². The highest BCUT2D eigenvalue weighted by Crippen LogP contribution is 2.24. The summed E-state index contributed by atoms with van der Waals surface area (Å²) < 4.78 is 0.946. The van der Waals surface area contributed by atoms with E-state index < -0.39 is 6.10 Å². The van der Waals surface area contributed by atoms with E-state index in [0.717, 1.165) is 28.8 Å². The van der Waals surface area contributed by atoms with Crippen LogP contribution in [0.15, 0.2) is 53.1 Å². The van der Waals surface area contributed by atoms with Gasteiger partial charge in [-0.15, -0.1) is 0 Å². The van der Waals surface area contributed by atoms with Crippen LogP contribution in [0, 0.1) is 0 Å². The standard InChI is InChI=1S/C16H19BrN2O/c1-2-19(11-13-7-5-6-10-18-13)12-16(20)14-8-3-4-9-15(14)17/h3-10,16,20H,2,11-12H2,1H3. The number of aliphatic hydroxyl groups is 1. The van der Waals surface area contributed by atoms with Gasteiger partial charge in [-0.1, -0.05) is 47.1 Å². The maximum absolute atomic E-state index is 10.4. The van der Waals surface area contributed by atoms with Crippen molar-refractivity contribution >= 4 is 15.9 Å². The molecule has 1 aromatic carbocycles. The Kier molecular flexibility index (Phi) is 5.71. The number of benzene rings is 1. The summed E-state index contributed by atoms with van der Waals surface area (Å²) in [5.41, 5.74) is 1.95.